The molecule has 1 N–H and O–H groups in total. The zero-order chi connectivity index (χ0) is 17.1. The molecule has 1 aliphatic rings. The topological polar surface area (TPSA) is 45.5 Å². The summed E-state index contributed by atoms with van der Waals surface area (Å²) in [5.41, 5.74) is 0.550. The first-order valence-electron chi connectivity index (χ1n) is 8.09. The van der Waals surface area contributed by atoms with E-state index in [4.69, 9.17) is 16.0 Å². The average molecular weight is 351 g/mol. The molecule has 4 nitrogen and oxygen atoms in total. The molecule has 0 saturated carbocycles. The molecule has 6 heteroatoms. The summed E-state index contributed by atoms with van der Waals surface area (Å²) in [5.74, 6) is 0.409. The fourth-order valence-electron chi connectivity index (χ4n) is 2.98. The number of hydrogen-bond acceptors (Lipinski definition) is 3. The molecule has 128 valence electrons. The van der Waals surface area contributed by atoms with Crippen LogP contribution in [-0.4, -0.2) is 24.5 Å². The van der Waals surface area contributed by atoms with Gasteiger partial charge in [0.25, 0.3) is 0 Å². The highest BCUT2D eigenvalue weighted by atomic mass is 35.5. The summed E-state index contributed by atoms with van der Waals surface area (Å²) >= 11 is 5.70. The molecule has 1 aromatic carbocycles. The standard InChI is InChI=1S/C18H20ClFN2O2/c1-12(4-6-14-3-2-10-24-14)21-17-8-9-22(18(17)23)13-5-7-15(19)16(20)11-13/h2-3,5,7,10-12,17,21H,4,6,8-9H2,1H3/t12-,17-/m1/s1. The Bertz CT molecular complexity index is 705. The maximum Gasteiger partial charge on any atom is 0.244 e. The van der Waals surface area contributed by atoms with Crippen LogP contribution in [0.5, 0.6) is 0 Å². The maximum absolute atomic E-state index is 13.6. The van der Waals surface area contributed by atoms with Crippen LogP contribution in [0, 0.1) is 5.82 Å². The van der Waals surface area contributed by atoms with Gasteiger partial charge in [0.1, 0.15) is 11.6 Å². The molecule has 0 aliphatic carbocycles. The number of rotatable bonds is 6. The highest BCUT2D eigenvalue weighted by molar-refractivity contribution is 6.30. The first kappa shape index (κ1) is 17.0. The highest BCUT2D eigenvalue weighted by Crippen LogP contribution is 2.26. The second-order valence-corrected chi connectivity index (χ2v) is 6.52. The number of anilines is 1. The van der Waals surface area contributed by atoms with Crippen molar-refractivity contribution in [2.24, 2.45) is 0 Å². The molecule has 3 rings (SSSR count). The van der Waals surface area contributed by atoms with Crippen LogP contribution >= 0.6 is 11.6 Å². The summed E-state index contributed by atoms with van der Waals surface area (Å²) in [5, 5.41) is 3.43. The van der Waals surface area contributed by atoms with Gasteiger partial charge >= 0.3 is 0 Å². The molecule has 24 heavy (non-hydrogen) atoms. The number of halogens is 2. The van der Waals surface area contributed by atoms with Crippen LogP contribution in [0.4, 0.5) is 10.1 Å². The fraction of sp³-hybridized carbons (Fsp3) is 0.389. The van der Waals surface area contributed by atoms with Gasteiger partial charge in [0.05, 0.1) is 17.3 Å². The van der Waals surface area contributed by atoms with Gasteiger partial charge in [-0.1, -0.05) is 11.6 Å². The first-order chi connectivity index (χ1) is 11.5. The van der Waals surface area contributed by atoms with Crippen LogP contribution in [0.1, 0.15) is 25.5 Å². The number of furan rings is 1. The van der Waals surface area contributed by atoms with E-state index in [1.807, 2.05) is 12.1 Å². The zero-order valence-corrected chi connectivity index (χ0v) is 14.2. The number of benzene rings is 1. The SMILES string of the molecule is C[C@H](CCc1ccco1)N[C@@H]1CCN(c2ccc(Cl)c(F)c2)C1=O. The van der Waals surface area contributed by atoms with Gasteiger partial charge in [-0.15, -0.1) is 0 Å². The number of carbonyl (C=O) groups excluding carboxylic acids is 1. The molecule has 2 heterocycles. The molecule has 1 aliphatic heterocycles. The van der Waals surface area contributed by atoms with E-state index in [-0.39, 0.29) is 23.0 Å². The van der Waals surface area contributed by atoms with Crippen molar-refractivity contribution < 1.29 is 13.6 Å². The van der Waals surface area contributed by atoms with Gasteiger partial charge in [0, 0.05) is 24.7 Å². The average Bonchev–Trinajstić information content (AvgIpc) is 3.19. The zero-order valence-electron chi connectivity index (χ0n) is 13.5. The Morgan fingerprint density at radius 3 is 3.00 bits per heavy atom. The minimum Gasteiger partial charge on any atom is -0.469 e. The molecule has 1 fully saturated rings. The Balaban J connectivity index is 1.56. The largest absolute Gasteiger partial charge is 0.469 e. The first-order valence-corrected chi connectivity index (χ1v) is 8.47. The van der Waals surface area contributed by atoms with E-state index in [1.165, 1.54) is 12.1 Å². The van der Waals surface area contributed by atoms with Crippen molar-refractivity contribution >= 4 is 23.2 Å². The Morgan fingerprint density at radius 1 is 1.46 bits per heavy atom. The molecule has 0 radical (unpaired) electrons. The second kappa shape index (κ2) is 7.36. The summed E-state index contributed by atoms with van der Waals surface area (Å²) in [6.07, 6.45) is 4.08. The predicted molar refractivity (Wildman–Crippen MR) is 91.8 cm³/mol. The lowest BCUT2D eigenvalue weighted by Gasteiger charge is -2.20. The molecular formula is C18H20ClFN2O2. The lowest BCUT2D eigenvalue weighted by atomic mass is 10.1. The number of amides is 1. The van der Waals surface area contributed by atoms with Crippen LogP contribution in [-0.2, 0) is 11.2 Å². The van der Waals surface area contributed by atoms with Crippen LogP contribution in [0.25, 0.3) is 0 Å². The number of aryl methyl sites for hydroxylation is 1. The lowest BCUT2D eigenvalue weighted by Crippen LogP contribution is -2.42. The number of nitrogens with one attached hydrogen (secondary N) is 1. The second-order valence-electron chi connectivity index (χ2n) is 6.12. The number of hydrogen-bond donors (Lipinski definition) is 1. The van der Waals surface area contributed by atoms with Crippen LogP contribution in [0.15, 0.2) is 41.0 Å². The summed E-state index contributed by atoms with van der Waals surface area (Å²) < 4.78 is 18.9. The van der Waals surface area contributed by atoms with Crippen molar-refractivity contribution in [3.8, 4) is 0 Å². The van der Waals surface area contributed by atoms with Crippen molar-refractivity contribution in [3.05, 3.63) is 53.2 Å². The van der Waals surface area contributed by atoms with Gasteiger partial charge in [-0.05, 0) is 50.1 Å². The lowest BCUT2D eigenvalue weighted by molar-refractivity contribution is -0.119. The van der Waals surface area contributed by atoms with Crippen LogP contribution in [0.2, 0.25) is 5.02 Å². The molecule has 0 bridgehead atoms. The summed E-state index contributed by atoms with van der Waals surface area (Å²) in [7, 11) is 0. The minimum atomic E-state index is -0.509. The van der Waals surface area contributed by atoms with E-state index >= 15 is 0 Å². The van der Waals surface area contributed by atoms with Gasteiger partial charge in [-0.25, -0.2) is 4.39 Å². The molecule has 1 amide bonds. The van der Waals surface area contributed by atoms with Gasteiger partial charge in [-0.2, -0.15) is 0 Å². The van der Waals surface area contributed by atoms with E-state index < -0.39 is 5.82 Å². The van der Waals surface area contributed by atoms with E-state index in [1.54, 1.807) is 17.2 Å². The van der Waals surface area contributed by atoms with Crippen molar-refractivity contribution in [2.45, 2.75) is 38.3 Å². The molecule has 0 spiro atoms. The Morgan fingerprint density at radius 2 is 2.29 bits per heavy atom. The molecule has 1 aromatic heterocycles. The summed E-state index contributed by atoms with van der Waals surface area (Å²) in [4.78, 5) is 14.2. The third-order valence-corrected chi connectivity index (χ3v) is 4.62. The van der Waals surface area contributed by atoms with Gasteiger partial charge < -0.3 is 14.6 Å². The normalized spacial score (nSPS) is 19.0. The smallest absolute Gasteiger partial charge is 0.244 e. The fourth-order valence-corrected chi connectivity index (χ4v) is 3.10. The quantitative estimate of drug-likeness (QED) is 0.862. The van der Waals surface area contributed by atoms with E-state index in [0.29, 0.717) is 18.7 Å². The van der Waals surface area contributed by atoms with E-state index in [0.717, 1.165) is 18.6 Å². The molecule has 2 aromatic rings. The minimum absolute atomic E-state index is 0.0263. The van der Waals surface area contributed by atoms with Crippen molar-refractivity contribution in [3.63, 3.8) is 0 Å². The third kappa shape index (κ3) is 3.79. The monoisotopic (exact) mass is 350 g/mol. The Kier molecular flexibility index (Phi) is 5.21. The van der Waals surface area contributed by atoms with Gasteiger partial charge in [0.15, 0.2) is 0 Å². The van der Waals surface area contributed by atoms with Crippen molar-refractivity contribution in [1.29, 1.82) is 0 Å². The molecule has 0 unspecified atom stereocenters. The van der Waals surface area contributed by atoms with Gasteiger partial charge in [-0.3, -0.25) is 4.79 Å². The molecule has 2 atom stereocenters. The van der Waals surface area contributed by atoms with E-state index in [2.05, 4.69) is 12.2 Å². The predicted octanol–water partition coefficient (Wildman–Crippen LogP) is 3.79. The van der Waals surface area contributed by atoms with Crippen molar-refractivity contribution in [1.82, 2.24) is 5.32 Å². The van der Waals surface area contributed by atoms with E-state index in [9.17, 15) is 9.18 Å². The Labute approximate surface area is 145 Å². The van der Waals surface area contributed by atoms with Crippen LogP contribution < -0.4 is 10.2 Å². The number of nitrogens with zero attached hydrogens (tertiary/aromatic N) is 1. The summed E-state index contributed by atoms with van der Waals surface area (Å²) in [6.45, 7) is 2.63. The third-order valence-electron chi connectivity index (χ3n) is 4.31. The maximum atomic E-state index is 13.6. The number of carbonyl (C=O) groups is 1. The van der Waals surface area contributed by atoms with Crippen molar-refractivity contribution in [2.75, 3.05) is 11.4 Å². The summed E-state index contributed by atoms with van der Waals surface area (Å²) in [6, 6.07) is 8.23. The molecule has 1 saturated heterocycles. The van der Waals surface area contributed by atoms with Crippen LogP contribution in [0.3, 0.4) is 0 Å². The molecular weight excluding hydrogens is 331 g/mol. The van der Waals surface area contributed by atoms with Gasteiger partial charge in [0.2, 0.25) is 5.91 Å². The highest BCUT2D eigenvalue weighted by Gasteiger charge is 2.33. The Hall–Kier alpha value is -1.85.